The van der Waals surface area contributed by atoms with Crippen LogP contribution in [-0.2, 0) is 5.41 Å². The fraction of sp³-hybridized carbons (Fsp3) is 0.316. The minimum atomic E-state index is -1.02. The van der Waals surface area contributed by atoms with Crippen molar-refractivity contribution in [3.63, 3.8) is 0 Å². The number of anilines is 1. The van der Waals surface area contributed by atoms with E-state index in [1.807, 2.05) is 12.1 Å². The average molecular weight is 348 g/mol. The molecule has 0 aliphatic rings. The Morgan fingerprint density at radius 2 is 1.83 bits per heavy atom. The standard InChI is InChI=1S/C19H22ClNO3/c1-19(2,3)13-4-7-15(8-5-13)24-11-10-21-17-9-6-14(20)12-16(17)18(22)23/h4-9,12,21H,10-11H2,1-3H3,(H,22,23). The van der Waals surface area contributed by atoms with Crippen LogP contribution < -0.4 is 10.1 Å². The number of aromatic carboxylic acids is 1. The van der Waals surface area contributed by atoms with Crippen LogP contribution in [0.1, 0.15) is 36.7 Å². The van der Waals surface area contributed by atoms with Crippen LogP contribution in [0, 0.1) is 0 Å². The van der Waals surface area contributed by atoms with Crippen LogP contribution in [-0.4, -0.2) is 24.2 Å². The van der Waals surface area contributed by atoms with Crippen LogP contribution in [0.2, 0.25) is 5.02 Å². The summed E-state index contributed by atoms with van der Waals surface area (Å²) in [6, 6.07) is 12.8. The maximum absolute atomic E-state index is 11.2. The van der Waals surface area contributed by atoms with Gasteiger partial charge in [0.2, 0.25) is 0 Å². The van der Waals surface area contributed by atoms with E-state index in [1.165, 1.54) is 11.6 Å². The lowest BCUT2D eigenvalue weighted by Gasteiger charge is -2.19. The highest BCUT2D eigenvalue weighted by atomic mass is 35.5. The number of carboxylic acid groups (broad SMARTS) is 1. The van der Waals surface area contributed by atoms with E-state index >= 15 is 0 Å². The predicted octanol–water partition coefficient (Wildman–Crippen LogP) is 4.83. The summed E-state index contributed by atoms with van der Waals surface area (Å²) in [5.74, 6) is -0.224. The molecular formula is C19H22ClNO3. The summed E-state index contributed by atoms with van der Waals surface area (Å²) >= 11 is 5.83. The molecule has 0 saturated carbocycles. The number of halogens is 1. The second-order valence-electron chi connectivity index (χ2n) is 6.54. The first-order chi connectivity index (χ1) is 11.3. The zero-order chi connectivity index (χ0) is 17.7. The summed E-state index contributed by atoms with van der Waals surface area (Å²) in [6.07, 6.45) is 0. The highest BCUT2D eigenvalue weighted by Gasteiger charge is 2.13. The number of carbonyl (C=O) groups is 1. The topological polar surface area (TPSA) is 58.6 Å². The number of benzene rings is 2. The van der Waals surface area contributed by atoms with E-state index in [4.69, 9.17) is 16.3 Å². The maximum Gasteiger partial charge on any atom is 0.337 e. The normalized spacial score (nSPS) is 11.2. The van der Waals surface area contributed by atoms with Crippen molar-refractivity contribution < 1.29 is 14.6 Å². The van der Waals surface area contributed by atoms with Gasteiger partial charge in [-0.05, 0) is 41.3 Å². The summed E-state index contributed by atoms with van der Waals surface area (Å²) in [7, 11) is 0. The van der Waals surface area contributed by atoms with E-state index in [9.17, 15) is 9.90 Å². The third kappa shape index (κ3) is 4.90. The lowest BCUT2D eigenvalue weighted by molar-refractivity contribution is 0.0698. The molecule has 0 bridgehead atoms. The van der Waals surface area contributed by atoms with Gasteiger partial charge in [0.1, 0.15) is 12.4 Å². The van der Waals surface area contributed by atoms with Crippen molar-refractivity contribution in [3.8, 4) is 5.75 Å². The first-order valence-corrected chi connectivity index (χ1v) is 8.15. The zero-order valence-electron chi connectivity index (χ0n) is 14.1. The van der Waals surface area contributed by atoms with Crippen molar-refractivity contribution >= 4 is 23.3 Å². The average Bonchev–Trinajstić information content (AvgIpc) is 2.52. The van der Waals surface area contributed by atoms with E-state index in [-0.39, 0.29) is 11.0 Å². The molecule has 0 aliphatic heterocycles. The lowest BCUT2D eigenvalue weighted by atomic mass is 9.87. The van der Waals surface area contributed by atoms with Gasteiger partial charge in [-0.2, -0.15) is 0 Å². The molecule has 0 fully saturated rings. The van der Waals surface area contributed by atoms with Gasteiger partial charge in [0.25, 0.3) is 0 Å². The Hall–Kier alpha value is -2.20. The number of rotatable bonds is 6. The number of ether oxygens (including phenoxy) is 1. The first kappa shape index (κ1) is 18.1. The van der Waals surface area contributed by atoms with Crippen molar-refractivity contribution in [2.45, 2.75) is 26.2 Å². The number of hydrogen-bond donors (Lipinski definition) is 2. The van der Waals surface area contributed by atoms with Crippen LogP contribution in [0.5, 0.6) is 5.75 Å². The minimum Gasteiger partial charge on any atom is -0.492 e. The Labute approximate surface area is 147 Å². The molecule has 2 aromatic carbocycles. The fourth-order valence-corrected chi connectivity index (χ4v) is 2.43. The second-order valence-corrected chi connectivity index (χ2v) is 6.98. The SMILES string of the molecule is CC(C)(C)c1ccc(OCCNc2ccc(Cl)cc2C(=O)O)cc1. The van der Waals surface area contributed by atoms with Crippen molar-refractivity contribution in [3.05, 3.63) is 58.6 Å². The van der Waals surface area contributed by atoms with Gasteiger partial charge < -0.3 is 15.2 Å². The van der Waals surface area contributed by atoms with Crippen LogP contribution in [0.3, 0.4) is 0 Å². The number of carboxylic acids is 1. The van der Waals surface area contributed by atoms with Gasteiger partial charge >= 0.3 is 5.97 Å². The lowest BCUT2D eigenvalue weighted by Crippen LogP contribution is -2.14. The molecule has 2 N–H and O–H groups in total. The van der Waals surface area contributed by atoms with Gasteiger partial charge in [-0.1, -0.05) is 44.5 Å². The van der Waals surface area contributed by atoms with E-state index < -0.39 is 5.97 Å². The molecule has 0 amide bonds. The predicted molar refractivity (Wildman–Crippen MR) is 97.5 cm³/mol. The molecule has 0 saturated heterocycles. The summed E-state index contributed by atoms with van der Waals surface area (Å²) in [5, 5.41) is 12.6. The van der Waals surface area contributed by atoms with Crippen molar-refractivity contribution in [1.82, 2.24) is 0 Å². The Morgan fingerprint density at radius 1 is 1.17 bits per heavy atom. The molecule has 2 rings (SSSR count). The van der Waals surface area contributed by atoms with Crippen molar-refractivity contribution in [2.75, 3.05) is 18.5 Å². The zero-order valence-corrected chi connectivity index (χ0v) is 14.9. The summed E-state index contributed by atoms with van der Waals surface area (Å²) in [4.78, 5) is 11.2. The molecule has 2 aromatic rings. The van der Waals surface area contributed by atoms with Gasteiger partial charge in [0, 0.05) is 17.3 Å². The monoisotopic (exact) mass is 347 g/mol. The molecular weight excluding hydrogens is 326 g/mol. The fourth-order valence-electron chi connectivity index (χ4n) is 2.25. The quantitative estimate of drug-likeness (QED) is 0.735. The Morgan fingerprint density at radius 3 is 2.42 bits per heavy atom. The Kier molecular flexibility index (Phi) is 5.73. The van der Waals surface area contributed by atoms with Gasteiger partial charge in [-0.15, -0.1) is 0 Å². The molecule has 0 atom stereocenters. The summed E-state index contributed by atoms with van der Waals surface area (Å²) in [5.41, 5.74) is 2.04. The minimum absolute atomic E-state index is 0.113. The summed E-state index contributed by atoms with van der Waals surface area (Å²) < 4.78 is 5.68. The maximum atomic E-state index is 11.2. The second kappa shape index (κ2) is 7.58. The summed E-state index contributed by atoms with van der Waals surface area (Å²) in [6.45, 7) is 7.41. The molecule has 0 unspecified atom stereocenters. The van der Waals surface area contributed by atoms with Crippen LogP contribution >= 0.6 is 11.6 Å². The van der Waals surface area contributed by atoms with E-state index in [1.54, 1.807) is 12.1 Å². The molecule has 4 nitrogen and oxygen atoms in total. The van der Waals surface area contributed by atoms with Crippen molar-refractivity contribution in [1.29, 1.82) is 0 Å². The Bertz CT molecular complexity index is 706. The third-order valence-electron chi connectivity index (χ3n) is 3.62. The first-order valence-electron chi connectivity index (χ1n) is 7.77. The largest absolute Gasteiger partial charge is 0.492 e. The van der Waals surface area contributed by atoms with Crippen molar-refractivity contribution in [2.24, 2.45) is 0 Å². The van der Waals surface area contributed by atoms with E-state index in [2.05, 4.69) is 38.2 Å². The smallest absolute Gasteiger partial charge is 0.337 e. The molecule has 0 aromatic heterocycles. The van der Waals surface area contributed by atoms with Gasteiger partial charge in [-0.25, -0.2) is 4.79 Å². The molecule has 0 radical (unpaired) electrons. The number of hydrogen-bond acceptors (Lipinski definition) is 3. The van der Waals surface area contributed by atoms with Gasteiger partial charge in [-0.3, -0.25) is 0 Å². The van der Waals surface area contributed by atoms with Gasteiger partial charge in [0.15, 0.2) is 0 Å². The van der Waals surface area contributed by atoms with E-state index in [0.717, 1.165) is 5.75 Å². The van der Waals surface area contributed by atoms with Gasteiger partial charge in [0.05, 0.1) is 5.56 Å². The molecule has 0 aliphatic carbocycles. The highest BCUT2D eigenvalue weighted by Crippen LogP contribution is 2.24. The molecule has 0 spiro atoms. The molecule has 5 heteroatoms. The highest BCUT2D eigenvalue weighted by molar-refractivity contribution is 6.31. The number of nitrogens with one attached hydrogen (secondary N) is 1. The van der Waals surface area contributed by atoms with Crippen LogP contribution in [0.15, 0.2) is 42.5 Å². The Balaban J connectivity index is 1.88. The van der Waals surface area contributed by atoms with Crippen LogP contribution in [0.4, 0.5) is 5.69 Å². The van der Waals surface area contributed by atoms with E-state index in [0.29, 0.717) is 23.9 Å². The molecule has 24 heavy (non-hydrogen) atoms. The van der Waals surface area contributed by atoms with Crippen LogP contribution in [0.25, 0.3) is 0 Å². The third-order valence-corrected chi connectivity index (χ3v) is 3.85. The molecule has 0 heterocycles. The molecule has 128 valence electrons.